The minimum Gasteiger partial charge on any atom is -0.473 e. The summed E-state index contributed by atoms with van der Waals surface area (Å²) >= 11 is 0. The summed E-state index contributed by atoms with van der Waals surface area (Å²) in [6.07, 6.45) is 0. The zero-order valence-electron chi connectivity index (χ0n) is 16.6. The highest BCUT2D eigenvalue weighted by Gasteiger charge is 2.19. The molecule has 2 heterocycles. The van der Waals surface area contributed by atoms with E-state index in [9.17, 15) is 13.6 Å². The van der Waals surface area contributed by atoms with Crippen LogP contribution in [-0.4, -0.2) is 23.1 Å². The summed E-state index contributed by atoms with van der Waals surface area (Å²) in [5, 5.41) is 8.96. The molecule has 158 valence electrons. The molecule has 4 rings (SSSR count). The van der Waals surface area contributed by atoms with Crippen molar-refractivity contribution in [3.63, 3.8) is 0 Å². The molecule has 3 aromatic rings. The summed E-state index contributed by atoms with van der Waals surface area (Å²) in [6, 6.07) is 12.1. The van der Waals surface area contributed by atoms with Crippen LogP contribution in [0, 0.1) is 17.1 Å². The number of nitriles is 1. The molecule has 0 spiro atoms. The van der Waals surface area contributed by atoms with Crippen LogP contribution >= 0.6 is 0 Å². The topological polar surface area (TPSA) is 80.4 Å². The van der Waals surface area contributed by atoms with E-state index in [4.69, 9.17) is 14.7 Å². The van der Waals surface area contributed by atoms with Gasteiger partial charge in [0.25, 0.3) is 0 Å². The SMILES string of the molecule is CN1CCn2c1cc(OCc1ccc(Oc3ccc(C#N)c(CF)c3)c(F)c1)nc2=O. The number of hydrogen-bond acceptors (Lipinski definition) is 6. The molecule has 0 aliphatic carbocycles. The second-order valence-corrected chi connectivity index (χ2v) is 7.03. The van der Waals surface area contributed by atoms with Crippen LogP contribution in [0.25, 0.3) is 0 Å². The van der Waals surface area contributed by atoms with Gasteiger partial charge in [-0.1, -0.05) is 6.07 Å². The first kappa shape index (κ1) is 20.3. The summed E-state index contributed by atoms with van der Waals surface area (Å²) in [7, 11) is 1.88. The first-order chi connectivity index (χ1) is 15.0. The molecule has 0 fully saturated rings. The minimum absolute atomic E-state index is 0.0136. The lowest BCUT2D eigenvalue weighted by Crippen LogP contribution is -2.22. The van der Waals surface area contributed by atoms with Crippen LogP contribution in [-0.2, 0) is 19.8 Å². The molecule has 0 atom stereocenters. The third-order valence-electron chi connectivity index (χ3n) is 4.97. The van der Waals surface area contributed by atoms with Crippen molar-refractivity contribution >= 4 is 5.82 Å². The lowest BCUT2D eigenvalue weighted by atomic mass is 10.1. The van der Waals surface area contributed by atoms with Gasteiger partial charge >= 0.3 is 5.69 Å². The van der Waals surface area contributed by atoms with Gasteiger partial charge in [0.05, 0.1) is 11.6 Å². The summed E-state index contributed by atoms with van der Waals surface area (Å²) < 4.78 is 40.2. The minimum atomic E-state index is -0.824. The van der Waals surface area contributed by atoms with Crippen LogP contribution in [0.5, 0.6) is 17.4 Å². The van der Waals surface area contributed by atoms with Crippen molar-refractivity contribution in [1.29, 1.82) is 5.26 Å². The number of anilines is 1. The zero-order chi connectivity index (χ0) is 22.0. The highest BCUT2D eigenvalue weighted by Crippen LogP contribution is 2.28. The predicted octanol–water partition coefficient (Wildman–Crippen LogP) is 3.54. The van der Waals surface area contributed by atoms with E-state index >= 15 is 0 Å². The third kappa shape index (κ3) is 4.19. The number of rotatable bonds is 6. The van der Waals surface area contributed by atoms with E-state index < -0.39 is 12.5 Å². The molecule has 9 heteroatoms. The van der Waals surface area contributed by atoms with E-state index in [0.29, 0.717) is 12.1 Å². The Bertz CT molecular complexity index is 1240. The molecule has 1 aliphatic heterocycles. The first-order valence-electron chi connectivity index (χ1n) is 9.49. The Morgan fingerprint density at radius 1 is 1.19 bits per heavy atom. The van der Waals surface area contributed by atoms with E-state index in [1.54, 1.807) is 16.7 Å². The Hall–Kier alpha value is -3.93. The summed E-state index contributed by atoms with van der Waals surface area (Å²) in [6.45, 7) is 0.490. The highest BCUT2D eigenvalue weighted by molar-refractivity contribution is 5.45. The first-order valence-corrected chi connectivity index (χ1v) is 9.49. The monoisotopic (exact) mass is 424 g/mol. The maximum absolute atomic E-state index is 14.5. The Kier molecular flexibility index (Phi) is 5.54. The molecular formula is C22H18F2N4O3. The fraction of sp³-hybridized carbons (Fsp3) is 0.227. The number of halogens is 2. The van der Waals surface area contributed by atoms with E-state index in [2.05, 4.69) is 4.98 Å². The Labute approximate surface area is 176 Å². The van der Waals surface area contributed by atoms with Crippen molar-refractivity contribution in [2.75, 3.05) is 18.5 Å². The van der Waals surface area contributed by atoms with Gasteiger partial charge in [-0.05, 0) is 35.9 Å². The van der Waals surface area contributed by atoms with Crippen LogP contribution in [0.15, 0.2) is 47.3 Å². The lowest BCUT2D eigenvalue weighted by Gasteiger charge is -2.13. The number of ether oxygens (including phenoxy) is 2. The molecule has 0 unspecified atom stereocenters. The van der Waals surface area contributed by atoms with E-state index in [-0.39, 0.29) is 40.8 Å². The van der Waals surface area contributed by atoms with Crippen LogP contribution in [0.1, 0.15) is 16.7 Å². The predicted molar refractivity (Wildman–Crippen MR) is 109 cm³/mol. The fourth-order valence-electron chi connectivity index (χ4n) is 3.29. The number of alkyl halides is 1. The molecule has 0 N–H and O–H groups in total. The van der Waals surface area contributed by atoms with Crippen LogP contribution in [0.3, 0.4) is 0 Å². The molecule has 1 aromatic heterocycles. The average molecular weight is 424 g/mol. The molecule has 0 bridgehead atoms. The van der Waals surface area contributed by atoms with Gasteiger partial charge in [-0.2, -0.15) is 10.2 Å². The van der Waals surface area contributed by atoms with Crippen molar-refractivity contribution in [3.8, 4) is 23.4 Å². The van der Waals surface area contributed by atoms with Gasteiger partial charge in [0.15, 0.2) is 11.6 Å². The van der Waals surface area contributed by atoms with Crippen molar-refractivity contribution in [2.45, 2.75) is 19.8 Å². The van der Waals surface area contributed by atoms with Crippen LogP contribution < -0.4 is 20.1 Å². The van der Waals surface area contributed by atoms with Crippen molar-refractivity contribution in [1.82, 2.24) is 9.55 Å². The Morgan fingerprint density at radius 3 is 2.77 bits per heavy atom. The van der Waals surface area contributed by atoms with Gasteiger partial charge in [0, 0.05) is 31.8 Å². The summed E-state index contributed by atoms with van der Waals surface area (Å²) in [5.74, 6) is 0.436. The maximum atomic E-state index is 14.5. The fourth-order valence-corrected chi connectivity index (χ4v) is 3.29. The number of aromatic nitrogens is 2. The zero-order valence-corrected chi connectivity index (χ0v) is 16.6. The quantitative estimate of drug-likeness (QED) is 0.602. The van der Waals surface area contributed by atoms with Crippen molar-refractivity contribution in [2.24, 2.45) is 0 Å². The van der Waals surface area contributed by atoms with Crippen LogP contribution in [0.2, 0.25) is 0 Å². The average Bonchev–Trinajstić information content (AvgIpc) is 3.15. The number of hydrogen-bond donors (Lipinski definition) is 0. The van der Waals surface area contributed by atoms with Gasteiger partial charge in [-0.3, -0.25) is 4.57 Å². The molecular weight excluding hydrogens is 406 g/mol. The molecule has 31 heavy (non-hydrogen) atoms. The number of likely N-dealkylation sites (N-methyl/N-ethyl adjacent to an activating group) is 1. The number of fused-ring (bicyclic) bond motifs is 1. The number of benzene rings is 2. The van der Waals surface area contributed by atoms with Gasteiger partial charge in [-0.25, -0.2) is 13.6 Å². The largest absolute Gasteiger partial charge is 0.473 e. The van der Waals surface area contributed by atoms with E-state index in [1.165, 1.54) is 30.3 Å². The van der Waals surface area contributed by atoms with Crippen molar-refractivity contribution < 1.29 is 18.3 Å². The third-order valence-corrected chi connectivity index (χ3v) is 4.97. The normalized spacial score (nSPS) is 12.4. The summed E-state index contributed by atoms with van der Waals surface area (Å²) in [4.78, 5) is 17.9. The second kappa shape index (κ2) is 8.44. The Morgan fingerprint density at radius 2 is 2.03 bits per heavy atom. The van der Waals surface area contributed by atoms with E-state index in [0.717, 1.165) is 12.4 Å². The van der Waals surface area contributed by atoms with Gasteiger partial charge in [0.1, 0.15) is 24.8 Å². The second-order valence-electron chi connectivity index (χ2n) is 7.03. The van der Waals surface area contributed by atoms with Gasteiger partial charge in [0.2, 0.25) is 5.88 Å². The summed E-state index contributed by atoms with van der Waals surface area (Å²) in [5.41, 5.74) is 0.509. The molecule has 7 nitrogen and oxygen atoms in total. The number of nitrogens with zero attached hydrogens (tertiary/aromatic N) is 4. The molecule has 1 aliphatic rings. The van der Waals surface area contributed by atoms with Gasteiger partial charge in [-0.15, -0.1) is 0 Å². The molecule has 0 amide bonds. The Balaban J connectivity index is 1.46. The molecule has 0 saturated carbocycles. The van der Waals surface area contributed by atoms with E-state index in [1.807, 2.05) is 18.0 Å². The highest BCUT2D eigenvalue weighted by atomic mass is 19.1. The smallest absolute Gasteiger partial charge is 0.352 e. The molecule has 2 aromatic carbocycles. The standard InChI is InChI=1S/C22H18F2N4O3/c1-27-6-7-28-21(27)10-20(26-22(28)29)30-13-14-2-5-19(18(24)8-14)31-17-4-3-15(12-25)16(9-17)11-23/h2-5,8-10H,6-7,11,13H2,1H3. The lowest BCUT2D eigenvalue weighted by molar-refractivity contribution is 0.290. The maximum Gasteiger partial charge on any atom is 0.352 e. The van der Waals surface area contributed by atoms with Crippen molar-refractivity contribution in [3.05, 3.63) is 75.5 Å². The molecule has 0 radical (unpaired) electrons. The van der Waals surface area contributed by atoms with Gasteiger partial charge < -0.3 is 14.4 Å². The van der Waals surface area contributed by atoms with Crippen LogP contribution in [0.4, 0.5) is 14.6 Å². The molecule has 0 saturated heterocycles.